The maximum atomic E-state index is 12.2. The standard InChI is InChI=1S/C21H27N3O2/c1-5-17-9-11-18(12-10-17)22-20(25)13-24(4)14-21(26)23-19-8-6-7-15(2)16(19)3/h6-12H,5,13-14H2,1-4H3,(H,22,25)(H,23,26)/p+1. The highest BCUT2D eigenvalue weighted by Gasteiger charge is 2.15. The second-order valence-electron chi connectivity index (χ2n) is 6.70. The third-order valence-corrected chi connectivity index (χ3v) is 4.45. The zero-order valence-corrected chi connectivity index (χ0v) is 16.0. The van der Waals surface area contributed by atoms with Gasteiger partial charge in [0.15, 0.2) is 13.1 Å². The third-order valence-electron chi connectivity index (χ3n) is 4.45. The van der Waals surface area contributed by atoms with E-state index in [1.165, 1.54) is 5.56 Å². The van der Waals surface area contributed by atoms with Crippen LogP contribution in [0.1, 0.15) is 23.6 Å². The van der Waals surface area contributed by atoms with Gasteiger partial charge in [0.1, 0.15) is 0 Å². The van der Waals surface area contributed by atoms with Crippen LogP contribution in [0.2, 0.25) is 0 Å². The van der Waals surface area contributed by atoms with Gasteiger partial charge in [-0.25, -0.2) is 0 Å². The zero-order chi connectivity index (χ0) is 19.1. The highest BCUT2D eigenvalue weighted by Crippen LogP contribution is 2.17. The first kappa shape index (κ1) is 19.7. The minimum absolute atomic E-state index is 0.101. The van der Waals surface area contributed by atoms with Crippen molar-refractivity contribution < 1.29 is 14.5 Å². The molecule has 0 fully saturated rings. The van der Waals surface area contributed by atoms with E-state index in [0.717, 1.165) is 33.8 Å². The molecule has 0 aliphatic rings. The van der Waals surface area contributed by atoms with Crippen molar-refractivity contribution in [3.63, 3.8) is 0 Å². The lowest BCUT2D eigenvalue weighted by Crippen LogP contribution is -3.11. The summed E-state index contributed by atoms with van der Waals surface area (Å²) in [5, 5.41) is 5.80. The van der Waals surface area contributed by atoms with E-state index in [0.29, 0.717) is 0 Å². The molecular formula is C21H28N3O2+. The molecule has 0 heterocycles. The van der Waals surface area contributed by atoms with E-state index in [-0.39, 0.29) is 24.9 Å². The Morgan fingerprint density at radius 1 is 0.923 bits per heavy atom. The molecule has 1 unspecified atom stereocenters. The summed E-state index contributed by atoms with van der Waals surface area (Å²) in [6, 6.07) is 13.6. The Morgan fingerprint density at radius 3 is 2.15 bits per heavy atom. The summed E-state index contributed by atoms with van der Waals surface area (Å²) in [4.78, 5) is 25.2. The summed E-state index contributed by atoms with van der Waals surface area (Å²) in [7, 11) is 1.84. The molecule has 138 valence electrons. The number of likely N-dealkylation sites (N-methyl/N-ethyl adjacent to an activating group) is 1. The van der Waals surface area contributed by atoms with Crippen LogP contribution in [0, 0.1) is 13.8 Å². The molecular weight excluding hydrogens is 326 g/mol. The molecule has 2 aromatic rings. The molecule has 5 nitrogen and oxygen atoms in total. The molecule has 0 saturated heterocycles. The fourth-order valence-corrected chi connectivity index (χ4v) is 2.72. The van der Waals surface area contributed by atoms with E-state index in [1.54, 1.807) is 0 Å². The van der Waals surface area contributed by atoms with Crippen LogP contribution in [0.5, 0.6) is 0 Å². The summed E-state index contributed by atoms with van der Waals surface area (Å²) in [5.74, 6) is -0.206. The Hall–Kier alpha value is -2.66. The third kappa shape index (κ3) is 5.70. The Balaban J connectivity index is 1.82. The normalized spacial score (nSPS) is 11.7. The largest absolute Gasteiger partial charge is 0.322 e. The summed E-state index contributed by atoms with van der Waals surface area (Å²) >= 11 is 0. The van der Waals surface area contributed by atoms with Crippen LogP contribution >= 0.6 is 0 Å². The van der Waals surface area contributed by atoms with Crippen LogP contribution in [-0.4, -0.2) is 32.0 Å². The summed E-state index contributed by atoms with van der Waals surface area (Å²) in [6.07, 6.45) is 0.969. The van der Waals surface area contributed by atoms with E-state index in [9.17, 15) is 9.59 Å². The lowest BCUT2D eigenvalue weighted by Gasteiger charge is -2.15. The fraction of sp³-hybridized carbons (Fsp3) is 0.333. The predicted octanol–water partition coefficient (Wildman–Crippen LogP) is 1.96. The predicted molar refractivity (Wildman–Crippen MR) is 106 cm³/mol. The second kappa shape index (κ2) is 9.15. The Morgan fingerprint density at radius 2 is 1.54 bits per heavy atom. The minimum Gasteiger partial charge on any atom is -0.322 e. The van der Waals surface area contributed by atoms with E-state index < -0.39 is 0 Å². The van der Waals surface area contributed by atoms with Gasteiger partial charge in [-0.2, -0.15) is 0 Å². The van der Waals surface area contributed by atoms with Gasteiger partial charge in [0.2, 0.25) is 0 Å². The van der Waals surface area contributed by atoms with E-state index in [1.807, 2.05) is 63.4 Å². The number of hydrogen-bond acceptors (Lipinski definition) is 2. The van der Waals surface area contributed by atoms with Gasteiger partial charge < -0.3 is 15.5 Å². The molecule has 26 heavy (non-hydrogen) atoms. The van der Waals surface area contributed by atoms with Crippen molar-refractivity contribution in [2.75, 3.05) is 30.8 Å². The molecule has 0 aliphatic carbocycles. The Labute approximate surface area is 155 Å². The average molecular weight is 354 g/mol. The first-order chi connectivity index (χ1) is 12.4. The number of carbonyl (C=O) groups is 2. The van der Waals surface area contributed by atoms with Gasteiger partial charge in [0, 0.05) is 11.4 Å². The molecule has 2 aromatic carbocycles. The summed E-state index contributed by atoms with van der Waals surface area (Å²) in [5.41, 5.74) is 5.03. The lowest BCUT2D eigenvalue weighted by atomic mass is 10.1. The number of anilines is 2. The minimum atomic E-state index is -0.105. The molecule has 0 bridgehead atoms. The number of hydrogen-bond donors (Lipinski definition) is 3. The van der Waals surface area contributed by atoms with Crippen molar-refractivity contribution in [1.82, 2.24) is 0 Å². The number of rotatable bonds is 7. The lowest BCUT2D eigenvalue weighted by molar-refractivity contribution is -0.862. The zero-order valence-electron chi connectivity index (χ0n) is 16.0. The van der Waals surface area contributed by atoms with Crippen molar-refractivity contribution in [2.24, 2.45) is 0 Å². The van der Waals surface area contributed by atoms with E-state index >= 15 is 0 Å². The molecule has 3 N–H and O–H groups in total. The van der Waals surface area contributed by atoms with Crippen LogP contribution in [0.3, 0.4) is 0 Å². The highest BCUT2D eigenvalue weighted by atomic mass is 16.2. The molecule has 0 aliphatic heterocycles. The number of nitrogens with one attached hydrogen (secondary N) is 3. The van der Waals surface area contributed by atoms with E-state index in [2.05, 4.69) is 17.6 Å². The first-order valence-corrected chi connectivity index (χ1v) is 8.95. The van der Waals surface area contributed by atoms with Gasteiger partial charge in [-0.15, -0.1) is 0 Å². The van der Waals surface area contributed by atoms with Gasteiger partial charge in [-0.1, -0.05) is 31.2 Å². The van der Waals surface area contributed by atoms with Crippen molar-refractivity contribution in [2.45, 2.75) is 27.2 Å². The van der Waals surface area contributed by atoms with Crippen LogP contribution in [0.25, 0.3) is 0 Å². The van der Waals surface area contributed by atoms with Crippen molar-refractivity contribution >= 4 is 23.2 Å². The van der Waals surface area contributed by atoms with Crippen molar-refractivity contribution in [3.8, 4) is 0 Å². The topological polar surface area (TPSA) is 62.6 Å². The Kier molecular flexibility index (Phi) is 6.92. The quantitative estimate of drug-likeness (QED) is 0.712. The van der Waals surface area contributed by atoms with Gasteiger partial charge >= 0.3 is 0 Å². The molecule has 0 radical (unpaired) electrons. The number of aryl methyl sites for hydroxylation is 2. The number of benzene rings is 2. The van der Waals surface area contributed by atoms with Crippen molar-refractivity contribution in [3.05, 3.63) is 59.2 Å². The van der Waals surface area contributed by atoms with E-state index in [4.69, 9.17) is 0 Å². The van der Waals surface area contributed by atoms with Gasteiger partial charge in [-0.05, 0) is 55.2 Å². The van der Waals surface area contributed by atoms with Gasteiger partial charge in [0.25, 0.3) is 11.8 Å². The van der Waals surface area contributed by atoms with Crippen LogP contribution in [0.15, 0.2) is 42.5 Å². The molecule has 0 spiro atoms. The number of carbonyl (C=O) groups excluding carboxylic acids is 2. The van der Waals surface area contributed by atoms with Crippen LogP contribution in [0.4, 0.5) is 11.4 Å². The average Bonchev–Trinajstić information content (AvgIpc) is 2.59. The first-order valence-electron chi connectivity index (χ1n) is 8.95. The van der Waals surface area contributed by atoms with Crippen LogP contribution in [-0.2, 0) is 16.0 Å². The molecule has 1 atom stereocenters. The smallest absolute Gasteiger partial charge is 0.279 e. The molecule has 0 saturated carbocycles. The molecule has 2 rings (SSSR count). The maximum Gasteiger partial charge on any atom is 0.279 e. The number of quaternary nitrogens is 1. The molecule has 0 aromatic heterocycles. The molecule has 5 heteroatoms. The van der Waals surface area contributed by atoms with Crippen molar-refractivity contribution in [1.29, 1.82) is 0 Å². The highest BCUT2D eigenvalue weighted by molar-refractivity contribution is 5.93. The summed E-state index contributed by atoms with van der Waals surface area (Å²) < 4.78 is 0. The van der Waals surface area contributed by atoms with Gasteiger partial charge in [0.05, 0.1) is 7.05 Å². The molecule has 2 amide bonds. The fourth-order valence-electron chi connectivity index (χ4n) is 2.72. The monoisotopic (exact) mass is 354 g/mol. The second-order valence-corrected chi connectivity index (χ2v) is 6.70. The maximum absolute atomic E-state index is 12.2. The van der Waals surface area contributed by atoms with Crippen LogP contribution < -0.4 is 15.5 Å². The van der Waals surface area contributed by atoms with Gasteiger partial charge in [-0.3, -0.25) is 9.59 Å². The number of amides is 2. The SMILES string of the molecule is CCc1ccc(NC(=O)C[NH+](C)CC(=O)Nc2cccc(C)c2C)cc1. The Bertz CT molecular complexity index is 769. The summed E-state index contributed by atoms with van der Waals surface area (Å²) in [6.45, 7) is 6.55.